The second-order valence-electron chi connectivity index (χ2n) is 7.15. The topological polar surface area (TPSA) is 29.5 Å². The van der Waals surface area contributed by atoms with Crippen LogP contribution in [0.15, 0.2) is 0 Å². The van der Waals surface area contributed by atoms with Crippen molar-refractivity contribution < 1.29 is 9.84 Å². The first-order chi connectivity index (χ1) is 8.38. The van der Waals surface area contributed by atoms with E-state index in [4.69, 9.17) is 4.74 Å². The van der Waals surface area contributed by atoms with Crippen LogP contribution < -0.4 is 0 Å². The summed E-state index contributed by atoms with van der Waals surface area (Å²) in [6.45, 7) is 9.74. The number of hydrogen-bond acceptors (Lipinski definition) is 2. The highest BCUT2D eigenvalue weighted by atomic mass is 16.5. The Kier molecular flexibility index (Phi) is 4.08. The molecule has 1 N–H and O–H groups in total. The summed E-state index contributed by atoms with van der Waals surface area (Å²) in [5, 5.41) is 11.1. The summed E-state index contributed by atoms with van der Waals surface area (Å²) in [5.41, 5.74) is -0.587. The molecule has 5 unspecified atom stereocenters. The molecule has 1 saturated heterocycles. The first kappa shape index (κ1) is 14.3. The zero-order valence-electron chi connectivity index (χ0n) is 12.5. The van der Waals surface area contributed by atoms with Gasteiger partial charge in [0.2, 0.25) is 0 Å². The van der Waals surface area contributed by atoms with Crippen LogP contribution >= 0.6 is 0 Å². The molecule has 1 saturated carbocycles. The number of rotatable bonds is 2. The van der Waals surface area contributed by atoms with Crippen LogP contribution in [0.25, 0.3) is 0 Å². The Balaban J connectivity index is 2.06. The maximum Gasteiger partial charge on any atom is 0.0725 e. The molecule has 1 aliphatic carbocycles. The van der Waals surface area contributed by atoms with Crippen molar-refractivity contribution in [1.29, 1.82) is 0 Å². The summed E-state index contributed by atoms with van der Waals surface area (Å²) in [4.78, 5) is 0. The van der Waals surface area contributed by atoms with Crippen LogP contribution in [0.2, 0.25) is 0 Å². The molecule has 2 aliphatic rings. The van der Waals surface area contributed by atoms with Crippen LogP contribution in [0.5, 0.6) is 0 Å². The number of aliphatic hydroxyl groups is 1. The molecular weight excluding hydrogens is 224 g/mol. The molecule has 0 spiro atoms. The second kappa shape index (κ2) is 5.13. The Morgan fingerprint density at radius 2 is 1.94 bits per heavy atom. The summed E-state index contributed by atoms with van der Waals surface area (Å²) in [6, 6.07) is 0. The third kappa shape index (κ3) is 2.75. The first-order valence-corrected chi connectivity index (χ1v) is 7.75. The van der Waals surface area contributed by atoms with Crippen LogP contribution in [0.1, 0.15) is 66.2 Å². The van der Waals surface area contributed by atoms with Crippen molar-refractivity contribution in [2.75, 3.05) is 6.61 Å². The van der Waals surface area contributed by atoms with Crippen LogP contribution in [0, 0.1) is 17.8 Å². The van der Waals surface area contributed by atoms with Crippen molar-refractivity contribution in [1.82, 2.24) is 0 Å². The third-order valence-electron chi connectivity index (χ3n) is 5.77. The number of ether oxygens (including phenoxy) is 1. The molecule has 18 heavy (non-hydrogen) atoms. The maximum atomic E-state index is 11.1. The van der Waals surface area contributed by atoms with E-state index in [-0.39, 0.29) is 5.60 Å². The largest absolute Gasteiger partial charge is 0.389 e. The molecule has 0 bridgehead atoms. The molecule has 2 fully saturated rings. The van der Waals surface area contributed by atoms with Gasteiger partial charge in [-0.15, -0.1) is 0 Å². The molecule has 0 amide bonds. The molecule has 2 heteroatoms. The van der Waals surface area contributed by atoms with Crippen molar-refractivity contribution >= 4 is 0 Å². The van der Waals surface area contributed by atoms with Gasteiger partial charge in [-0.2, -0.15) is 0 Å². The van der Waals surface area contributed by atoms with Gasteiger partial charge in [-0.05, 0) is 50.4 Å². The molecule has 5 atom stereocenters. The molecule has 1 aliphatic heterocycles. The highest BCUT2D eigenvalue weighted by Gasteiger charge is 2.47. The van der Waals surface area contributed by atoms with Crippen molar-refractivity contribution in [2.45, 2.75) is 77.4 Å². The fourth-order valence-electron chi connectivity index (χ4n) is 3.87. The summed E-state index contributed by atoms with van der Waals surface area (Å²) in [7, 11) is 0. The maximum absolute atomic E-state index is 11.1. The van der Waals surface area contributed by atoms with E-state index in [1.807, 2.05) is 0 Å². The van der Waals surface area contributed by atoms with Gasteiger partial charge < -0.3 is 9.84 Å². The quantitative estimate of drug-likeness (QED) is 0.813. The van der Waals surface area contributed by atoms with Crippen molar-refractivity contribution in [3.8, 4) is 0 Å². The zero-order valence-corrected chi connectivity index (χ0v) is 12.5. The lowest BCUT2D eigenvalue weighted by atomic mass is 9.65. The summed E-state index contributed by atoms with van der Waals surface area (Å²) >= 11 is 0. The van der Waals surface area contributed by atoms with Gasteiger partial charge in [-0.25, -0.2) is 0 Å². The normalized spacial score (nSPS) is 50.2. The van der Waals surface area contributed by atoms with E-state index < -0.39 is 5.60 Å². The van der Waals surface area contributed by atoms with Gasteiger partial charge in [-0.3, -0.25) is 0 Å². The van der Waals surface area contributed by atoms with Gasteiger partial charge in [-0.1, -0.05) is 27.2 Å². The van der Waals surface area contributed by atoms with Crippen molar-refractivity contribution in [3.05, 3.63) is 0 Å². The summed E-state index contributed by atoms with van der Waals surface area (Å²) in [5.74, 6) is 2.06. The summed E-state index contributed by atoms with van der Waals surface area (Å²) in [6.07, 6.45) is 6.31. The molecular formula is C16H30O2. The van der Waals surface area contributed by atoms with Crippen LogP contribution in [0.3, 0.4) is 0 Å². The molecule has 0 aromatic rings. The van der Waals surface area contributed by atoms with E-state index >= 15 is 0 Å². The van der Waals surface area contributed by atoms with Crippen LogP contribution in [-0.2, 0) is 4.74 Å². The molecule has 0 radical (unpaired) electrons. The lowest BCUT2D eigenvalue weighted by molar-refractivity contribution is -0.181. The van der Waals surface area contributed by atoms with Crippen molar-refractivity contribution in [3.63, 3.8) is 0 Å². The predicted octanol–water partition coefficient (Wildman–Crippen LogP) is 3.77. The Hall–Kier alpha value is -0.0800. The minimum atomic E-state index is -0.475. The monoisotopic (exact) mass is 254 g/mol. The fourth-order valence-corrected chi connectivity index (χ4v) is 3.87. The summed E-state index contributed by atoms with van der Waals surface area (Å²) < 4.78 is 5.89. The van der Waals surface area contributed by atoms with Gasteiger partial charge in [0.15, 0.2) is 0 Å². The Labute approximate surface area is 112 Å². The Morgan fingerprint density at radius 3 is 2.56 bits per heavy atom. The minimum absolute atomic E-state index is 0.112. The third-order valence-corrected chi connectivity index (χ3v) is 5.77. The molecule has 2 nitrogen and oxygen atoms in total. The Bertz CT molecular complexity index is 291. The lowest BCUT2D eigenvalue weighted by Gasteiger charge is -2.49. The Morgan fingerprint density at radius 1 is 1.22 bits per heavy atom. The van der Waals surface area contributed by atoms with Gasteiger partial charge in [0.25, 0.3) is 0 Å². The van der Waals surface area contributed by atoms with E-state index in [2.05, 4.69) is 27.7 Å². The SMILES string of the molecule is CCC1(C)CC(O)(C2CCC(C)C(C)C2)CCO1. The predicted molar refractivity (Wildman–Crippen MR) is 74.5 cm³/mol. The highest BCUT2D eigenvalue weighted by Crippen LogP contribution is 2.46. The molecule has 2 rings (SSSR count). The molecule has 1 heterocycles. The van der Waals surface area contributed by atoms with Crippen LogP contribution in [0.4, 0.5) is 0 Å². The molecule has 0 aromatic heterocycles. The van der Waals surface area contributed by atoms with E-state index in [0.29, 0.717) is 5.92 Å². The average Bonchev–Trinajstić information content (AvgIpc) is 2.32. The van der Waals surface area contributed by atoms with E-state index in [1.165, 1.54) is 19.3 Å². The average molecular weight is 254 g/mol. The van der Waals surface area contributed by atoms with E-state index in [1.54, 1.807) is 0 Å². The van der Waals surface area contributed by atoms with Gasteiger partial charge in [0.1, 0.15) is 0 Å². The number of hydrogen-bond donors (Lipinski definition) is 1. The molecule has 0 aromatic carbocycles. The first-order valence-electron chi connectivity index (χ1n) is 7.75. The zero-order chi connectivity index (χ0) is 13.4. The van der Waals surface area contributed by atoms with Gasteiger partial charge >= 0.3 is 0 Å². The second-order valence-corrected chi connectivity index (χ2v) is 7.15. The minimum Gasteiger partial charge on any atom is -0.389 e. The van der Waals surface area contributed by atoms with Crippen LogP contribution in [-0.4, -0.2) is 22.9 Å². The van der Waals surface area contributed by atoms with E-state index in [0.717, 1.165) is 37.7 Å². The fraction of sp³-hybridized carbons (Fsp3) is 1.00. The lowest BCUT2D eigenvalue weighted by Crippen LogP contribution is -2.52. The highest BCUT2D eigenvalue weighted by molar-refractivity contribution is 4.98. The van der Waals surface area contributed by atoms with Crippen molar-refractivity contribution in [2.24, 2.45) is 17.8 Å². The van der Waals surface area contributed by atoms with Gasteiger partial charge in [0.05, 0.1) is 17.8 Å². The van der Waals surface area contributed by atoms with Gasteiger partial charge in [0, 0.05) is 6.42 Å². The van der Waals surface area contributed by atoms with E-state index in [9.17, 15) is 5.11 Å². The smallest absolute Gasteiger partial charge is 0.0725 e. The standard InChI is InChI=1S/C16H30O2/c1-5-15(4)11-16(17,8-9-18-15)14-7-6-12(2)13(3)10-14/h12-14,17H,5-11H2,1-4H3. The molecule has 106 valence electrons.